The van der Waals surface area contributed by atoms with Gasteiger partial charge in [0.15, 0.2) is 0 Å². The van der Waals surface area contributed by atoms with Gasteiger partial charge >= 0.3 is 0 Å². The van der Waals surface area contributed by atoms with E-state index in [2.05, 4.69) is 28.8 Å². The molecular formula is C11H21N5. The summed E-state index contributed by atoms with van der Waals surface area (Å²) >= 11 is 0. The molecule has 2 rings (SSSR count). The molecule has 5 heteroatoms. The molecule has 0 spiro atoms. The maximum atomic E-state index is 6.22. The summed E-state index contributed by atoms with van der Waals surface area (Å²) in [5, 5.41) is 4.17. The lowest BCUT2D eigenvalue weighted by molar-refractivity contribution is 0.0531. The first-order valence-electron chi connectivity index (χ1n) is 6.05. The highest BCUT2D eigenvalue weighted by molar-refractivity contribution is 5.01. The highest BCUT2D eigenvalue weighted by Gasteiger charge is 2.38. The van der Waals surface area contributed by atoms with Crippen molar-refractivity contribution in [3.63, 3.8) is 0 Å². The highest BCUT2D eigenvalue weighted by atomic mass is 15.4. The molecule has 1 aliphatic heterocycles. The lowest BCUT2D eigenvalue weighted by Crippen LogP contribution is -2.66. The third-order valence-corrected chi connectivity index (χ3v) is 3.19. The Morgan fingerprint density at radius 3 is 2.81 bits per heavy atom. The molecule has 0 unspecified atom stereocenters. The van der Waals surface area contributed by atoms with Crippen LogP contribution in [0.3, 0.4) is 0 Å². The number of aryl methyl sites for hydroxylation is 1. The zero-order chi connectivity index (χ0) is 11.6. The van der Waals surface area contributed by atoms with Gasteiger partial charge in [-0.3, -0.25) is 4.90 Å². The molecule has 2 N–H and O–H groups in total. The van der Waals surface area contributed by atoms with Crippen LogP contribution >= 0.6 is 0 Å². The van der Waals surface area contributed by atoms with Crippen LogP contribution in [0.1, 0.15) is 32.5 Å². The molecule has 90 valence electrons. The van der Waals surface area contributed by atoms with E-state index < -0.39 is 0 Å². The number of aromatic nitrogens is 3. The zero-order valence-corrected chi connectivity index (χ0v) is 10.2. The van der Waals surface area contributed by atoms with Crippen LogP contribution in [0.4, 0.5) is 0 Å². The summed E-state index contributed by atoms with van der Waals surface area (Å²) in [7, 11) is 0. The van der Waals surface area contributed by atoms with Crippen molar-refractivity contribution < 1.29 is 0 Å². The molecule has 1 aromatic rings. The van der Waals surface area contributed by atoms with Gasteiger partial charge in [0.1, 0.15) is 12.2 Å². The molecule has 0 saturated carbocycles. The zero-order valence-electron chi connectivity index (χ0n) is 10.2. The Labute approximate surface area is 96.6 Å². The molecule has 0 atom stereocenters. The maximum Gasteiger partial charge on any atom is 0.140 e. The van der Waals surface area contributed by atoms with Crippen molar-refractivity contribution in [2.24, 2.45) is 5.73 Å². The van der Waals surface area contributed by atoms with Crippen LogP contribution in [0, 0.1) is 0 Å². The molecule has 1 aliphatic rings. The molecule has 1 saturated heterocycles. The average Bonchev–Trinajstić information content (AvgIpc) is 2.63. The molecule has 16 heavy (non-hydrogen) atoms. The van der Waals surface area contributed by atoms with E-state index in [4.69, 9.17) is 5.73 Å². The average molecular weight is 223 g/mol. The minimum Gasteiger partial charge on any atom is -0.323 e. The predicted molar refractivity (Wildman–Crippen MR) is 62.8 cm³/mol. The van der Waals surface area contributed by atoms with Gasteiger partial charge in [0.05, 0.1) is 6.54 Å². The van der Waals surface area contributed by atoms with Crippen molar-refractivity contribution >= 4 is 0 Å². The Morgan fingerprint density at radius 1 is 1.44 bits per heavy atom. The van der Waals surface area contributed by atoms with Gasteiger partial charge < -0.3 is 5.73 Å². The van der Waals surface area contributed by atoms with Gasteiger partial charge in [-0.2, -0.15) is 5.10 Å². The Hall–Kier alpha value is -0.940. The smallest absolute Gasteiger partial charge is 0.140 e. The van der Waals surface area contributed by atoms with Crippen molar-refractivity contribution in [3.05, 3.63) is 12.2 Å². The molecular weight excluding hydrogens is 202 g/mol. The van der Waals surface area contributed by atoms with E-state index in [1.165, 1.54) is 0 Å². The predicted octanol–water partition coefficient (Wildman–Crippen LogP) is 0.611. The fourth-order valence-electron chi connectivity index (χ4n) is 2.49. The van der Waals surface area contributed by atoms with E-state index in [0.717, 1.165) is 44.8 Å². The summed E-state index contributed by atoms with van der Waals surface area (Å²) in [5.41, 5.74) is 6.27. The standard InChI is InChI=1S/C11H21N5/c1-3-5-11(12)7-15(8-11)6-10-13-9-14-16(10)4-2/h9H,3-8,12H2,1-2H3. The van der Waals surface area contributed by atoms with Crippen molar-refractivity contribution in [1.29, 1.82) is 0 Å². The minimum atomic E-state index is 0.0474. The fraction of sp³-hybridized carbons (Fsp3) is 0.818. The molecule has 0 bridgehead atoms. The van der Waals surface area contributed by atoms with Crippen LogP contribution in [0.25, 0.3) is 0 Å². The number of likely N-dealkylation sites (tertiary alicyclic amines) is 1. The second kappa shape index (κ2) is 4.51. The summed E-state index contributed by atoms with van der Waals surface area (Å²) in [6.45, 7) is 7.99. The minimum absolute atomic E-state index is 0.0474. The van der Waals surface area contributed by atoms with E-state index >= 15 is 0 Å². The van der Waals surface area contributed by atoms with E-state index in [1.54, 1.807) is 6.33 Å². The third-order valence-electron chi connectivity index (χ3n) is 3.19. The van der Waals surface area contributed by atoms with Crippen molar-refractivity contribution in [1.82, 2.24) is 19.7 Å². The lowest BCUT2D eigenvalue weighted by Gasteiger charge is -2.47. The second-order valence-corrected chi connectivity index (χ2v) is 4.75. The van der Waals surface area contributed by atoms with Gasteiger partial charge in [-0.1, -0.05) is 13.3 Å². The van der Waals surface area contributed by atoms with Crippen molar-refractivity contribution in [2.75, 3.05) is 13.1 Å². The number of rotatable bonds is 5. The molecule has 1 aromatic heterocycles. The third kappa shape index (κ3) is 2.25. The fourth-order valence-corrected chi connectivity index (χ4v) is 2.49. The number of hydrogen-bond donors (Lipinski definition) is 1. The van der Waals surface area contributed by atoms with Crippen LogP contribution in [-0.2, 0) is 13.1 Å². The summed E-state index contributed by atoms with van der Waals surface area (Å²) in [6.07, 6.45) is 3.90. The van der Waals surface area contributed by atoms with Crippen LogP contribution in [-0.4, -0.2) is 38.3 Å². The quantitative estimate of drug-likeness (QED) is 0.794. The van der Waals surface area contributed by atoms with Crippen molar-refractivity contribution in [3.8, 4) is 0 Å². The number of nitrogens with two attached hydrogens (primary N) is 1. The van der Waals surface area contributed by atoms with E-state index in [1.807, 2.05) is 4.68 Å². The number of hydrogen-bond acceptors (Lipinski definition) is 4. The van der Waals surface area contributed by atoms with E-state index in [-0.39, 0.29) is 5.54 Å². The molecule has 0 aliphatic carbocycles. The largest absolute Gasteiger partial charge is 0.323 e. The van der Waals surface area contributed by atoms with Gasteiger partial charge in [0.2, 0.25) is 0 Å². The Bertz CT molecular complexity index is 340. The van der Waals surface area contributed by atoms with Crippen molar-refractivity contribution in [2.45, 2.75) is 45.3 Å². The Kier molecular flexibility index (Phi) is 3.25. The lowest BCUT2D eigenvalue weighted by atomic mass is 9.86. The summed E-state index contributed by atoms with van der Waals surface area (Å²) in [6, 6.07) is 0. The molecule has 2 heterocycles. The first-order valence-corrected chi connectivity index (χ1v) is 6.05. The molecule has 0 aromatic carbocycles. The van der Waals surface area contributed by atoms with Gasteiger partial charge in [-0.05, 0) is 13.3 Å². The SMILES string of the molecule is CCCC1(N)CN(Cc2ncnn2CC)C1. The van der Waals surface area contributed by atoms with Gasteiger partial charge in [0.25, 0.3) is 0 Å². The maximum absolute atomic E-state index is 6.22. The molecule has 0 radical (unpaired) electrons. The first kappa shape index (κ1) is 11.5. The summed E-state index contributed by atoms with van der Waals surface area (Å²) < 4.78 is 1.94. The molecule has 5 nitrogen and oxygen atoms in total. The second-order valence-electron chi connectivity index (χ2n) is 4.75. The van der Waals surface area contributed by atoms with E-state index in [9.17, 15) is 0 Å². The summed E-state index contributed by atoms with van der Waals surface area (Å²) in [5.74, 6) is 1.04. The van der Waals surface area contributed by atoms with Crippen LogP contribution in [0.2, 0.25) is 0 Å². The Morgan fingerprint density at radius 2 is 2.19 bits per heavy atom. The topological polar surface area (TPSA) is 60.0 Å². The van der Waals surface area contributed by atoms with Crippen LogP contribution < -0.4 is 5.73 Å². The van der Waals surface area contributed by atoms with Crippen LogP contribution in [0.5, 0.6) is 0 Å². The highest BCUT2D eigenvalue weighted by Crippen LogP contribution is 2.24. The van der Waals surface area contributed by atoms with E-state index in [0.29, 0.717) is 0 Å². The normalized spacial score (nSPS) is 19.7. The molecule has 1 fully saturated rings. The van der Waals surface area contributed by atoms with Gasteiger partial charge in [-0.15, -0.1) is 0 Å². The Balaban J connectivity index is 1.85. The number of nitrogens with zero attached hydrogens (tertiary/aromatic N) is 4. The van der Waals surface area contributed by atoms with Gasteiger partial charge in [-0.25, -0.2) is 9.67 Å². The van der Waals surface area contributed by atoms with Gasteiger partial charge in [0, 0.05) is 25.2 Å². The van der Waals surface area contributed by atoms with Crippen LogP contribution in [0.15, 0.2) is 6.33 Å². The first-order chi connectivity index (χ1) is 7.67. The molecule has 0 amide bonds. The summed E-state index contributed by atoms with van der Waals surface area (Å²) in [4.78, 5) is 6.61. The monoisotopic (exact) mass is 223 g/mol.